The minimum Gasteiger partial charge on any atom is -0.409 e. The highest BCUT2D eigenvalue weighted by atomic mass is 32.2. The van der Waals surface area contributed by atoms with Crippen LogP contribution in [0.2, 0.25) is 0 Å². The summed E-state index contributed by atoms with van der Waals surface area (Å²) in [5.41, 5.74) is 1.17. The minimum absolute atomic E-state index is 0.132. The molecule has 32 heavy (non-hydrogen) atoms. The molecule has 0 fully saturated rings. The van der Waals surface area contributed by atoms with E-state index in [2.05, 4.69) is 20.6 Å². The van der Waals surface area contributed by atoms with Crippen molar-refractivity contribution in [3.8, 4) is 11.6 Å². The molecule has 0 atom stereocenters. The van der Waals surface area contributed by atoms with E-state index in [4.69, 9.17) is 9.15 Å². The second-order valence-corrected chi connectivity index (χ2v) is 7.77. The molecule has 0 aliphatic carbocycles. The Labute approximate surface area is 187 Å². The Morgan fingerprint density at radius 2 is 1.84 bits per heavy atom. The molecule has 2 aromatic carbocycles. The highest BCUT2D eigenvalue weighted by molar-refractivity contribution is 7.99. The number of thioether (sulfide) groups is 1. The number of benzene rings is 2. The van der Waals surface area contributed by atoms with Gasteiger partial charge in [-0.1, -0.05) is 60.3 Å². The van der Waals surface area contributed by atoms with Gasteiger partial charge in [-0.2, -0.15) is 5.10 Å². The highest BCUT2D eigenvalue weighted by Gasteiger charge is 2.18. The van der Waals surface area contributed by atoms with Crippen LogP contribution in [0.3, 0.4) is 0 Å². The quantitative estimate of drug-likeness (QED) is 0.305. The van der Waals surface area contributed by atoms with E-state index in [0.717, 1.165) is 17.3 Å². The third-order valence-corrected chi connectivity index (χ3v) is 5.43. The summed E-state index contributed by atoms with van der Waals surface area (Å²) in [7, 11) is 1.57. The second kappa shape index (κ2) is 10.2. The number of carbonyl (C=O) groups is 1. The largest absolute Gasteiger partial charge is 0.409 e. The average molecular weight is 452 g/mol. The van der Waals surface area contributed by atoms with Crippen LogP contribution < -0.4 is 10.9 Å². The van der Waals surface area contributed by atoms with Crippen LogP contribution in [0.4, 0.5) is 0 Å². The number of aromatic nitrogens is 4. The molecule has 0 aliphatic heterocycles. The van der Waals surface area contributed by atoms with Crippen molar-refractivity contribution in [1.82, 2.24) is 25.3 Å². The van der Waals surface area contributed by atoms with E-state index in [1.807, 2.05) is 36.4 Å². The Kier molecular flexibility index (Phi) is 6.93. The van der Waals surface area contributed by atoms with Crippen LogP contribution in [0.5, 0.6) is 0 Å². The van der Waals surface area contributed by atoms with Gasteiger partial charge in [0.1, 0.15) is 0 Å². The number of hydrogen-bond donors (Lipinski definition) is 1. The van der Waals surface area contributed by atoms with Crippen LogP contribution in [0.1, 0.15) is 5.56 Å². The van der Waals surface area contributed by atoms with E-state index < -0.39 is 0 Å². The first-order valence-electron chi connectivity index (χ1n) is 9.92. The van der Waals surface area contributed by atoms with Gasteiger partial charge in [0.05, 0.1) is 24.3 Å². The van der Waals surface area contributed by atoms with Crippen LogP contribution in [-0.2, 0) is 16.1 Å². The summed E-state index contributed by atoms with van der Waals surface area (Å²) < 4.78 is 12.1. The number of fused-ring (bicyclic) bond motifs is 1. The van der Waals surface area contributed by atoms with Gasteiger partial charge in [0.25, 0.3) is 16.7 Å². The molecular formula is C22H21N5O4S. The molecule has 2 aromatic heterocycles. The van der Waals surface area contributed by atoms with Gasteiger partial charge in [0, 0.05) is 19.0 Å². The van der Waals surface area contributed by atoms with E-state index in [1.165, 1.54) is 4.68 Å². The van der Waals surface area contributed by atoms with Gasteiger partial charge in [-0.05, 0) is 11.6 Å². The van der Waals surface area contributed by atoms with Crippen LogP contribution in [0.15, 0.2) is 69.0 Å². The third-order valence-electron chi connectivity index (χ3n) is 4.61. The van der Waals surface area contributed by atoms with E-state index in [-0.39, 0.29) is 28.3 Å². The number of methoxy groups -OCH3 is 1. The Morgan fingerprint density at radius 1 is 1.09 bits per heavy atom. The number of ether oxygens (including phenoxy) is 1. The van der Waals surface area contributed by atoms with Gasteiger partial charge < -0.3 is 14.5 Å². The molecule has 4 aromatic rings. The number of nitrogens with zero attached hydrogens (tertiary/aromatic N) is 4. The number of hydrogen-bond acceptors (Lipinski definition) is 8. The molecule has 0 aliphatic rings. The summed E-state index contributed by atoms with van der Waals surface area (Å²) in [5, 5.41) is 16.8. The van der Waals surface area contributed by atoms with E-state index in [1.54, 1.807) is 25.3 Å². The molecule has 10 heteroatoms. The average Bonchev–Trinajstić information content (AvgIpc) is 3.29. The lowest BCUT2D eigenvalue weighted by Crippen LogP contribution is -2.28. The fourth-order valence-electron chi connectivity index (χ4n) is 3.09. The summed E-state index contributed by atoms with van der Waals surface area (Å²) >= 11 is 1.13. The summed E-state index contributed by atoms with van der Waals surface area (Å²) in [4.78, 5) is 24.9. The summed E-state index contributed by atoms with van der Waals surface area (Å²) in [5.74, 6) is 0.157. The van der Waals surface area contributed by atoms with Crippen LogP contribution in [0.25, 0.3) is 22.4 Å². The number of carbonyl (C=O) groups excluding carboxylic acids is 1. The van der Waals surface area contributed by atoms with Crippen molar-refractivity contribution >= 4 is 28.4 Å². The van der Waals surface area contributed by atoms with E-state index in [9.17, 15) is 9.59 Å². The molecule has 0 unspecified atom stereocenters. The van der Waals surface area contributed by atoms with E-state index >= 15 is 0 Å². The van der Waals surface area contributed by atoms with Crippen molar-refractivity contribution in [2.45, 2.75) is 11.8 Å². The second-order valence-electron chi connectivity index (χ2n) is 6.85. The molecule has 2 heterocycles. The molecule has 0 bridgehead atoms. The Balaban J connectivity index is 1.61. The molecule has 1 N–H and O–H groups in total. The fourth-order valence-corrected chi connectivity index (χ4v) is 3.68. The Bertz CT molecular complexity index is 1270. The minimum atomic E-state index is -0.199. The normalized spacial score (nSPS) is 11.0. The van der Waals surface area contributed by atoms with Crippen LogP contribution >= 0.6 is 11.8 Å². The SMILES string of the molecule is COCCNC(=O)CSc1nnc(-c2nn(Cc3ccccc3)c(=O)c3ccccc23)o1. The van der Waals surface area contributed by atoms with Crippen molar-refractivity contribution in [2.75, 3.05) is 26.0 Å². The third kappa shape index (κ3) is 5.04. The topological polar surface area (TPSA) is 112 Å². The maximum absolute atomic E-state index is 13.0. The Morgan fingerprint density at radius 3 is 2.62 bits per heavy atom. The lowest BCUT2D eigenvalue weighted by Gasteiger charge is -2.09. The molecule has 0 saturated carbocycles. The molecule has 164 valence electrons. The van der Waals surface area contributed by atoms with Crippen LogP contribution in [-0.4, -0.2) is 51.9 Å². The van der Waals surface area contributed by atoms with Gasteiger partial charge in [0.2, 0.25) is 5.91 Å². The zero-order valence-corrected chi connectivity index (χ0v) is 18.2. The summed E-state index contributed by atoms with van der Waals surface area (Å²) in [6.45, 7) is 1.19. The maximum atomic E-state index is 13.0. The summed E-state index contributed by atoms with van der Waals surface area (Å²) in [6.07, 6.45) is 0. The smallest absolute Gasteiger partial charge is 0.277 e. The van der Waals surface area contributed by atoms with Gasteiger partial charge >= 0.3 is 0 Å². The first-order chi connectivity index (χ1) is 15.7. The van der Waals surface area contributed by atoms with Gasteiger partial charge in [0.15, 0.2) is 5.69 Å². The number of rotatable bonds is 9. The molecule has 0 spiro atoms. The lowest BCUT2D eigenvalue weighted by atomic mass is 10.1. The molecule has 0 radical (unpaired) electrons. The summed E-state index contributed by atoms with van der Waals surface area (Å²) in [6, 6.07) is 16.8. The van der Waals surface area contributed by atoms with Crippen molar-refractivity contribution < 1.29 is 13.9 Å². The number of amides is 1. The fraction of sp³-hybridized carbons (Fsp3) is 0.227. The van der Waals surface area contributed by atoms with Crippen molar-refractivity contribution in [3.05, 3.63) is 70.5 Å². The van der Waals surface area contributed by atoms with Crippen LogP contribution in [0, 0.1) is 0 Å². The molecule has 4 rings (SSSR count). The molecular weight excluding hydrogens is 430 g/mol. The highest BCUT2D eigenvalue weighted by Crippen LogP contribution is 2.26. The first-order valence-corrected chi connectivity index (χ1v) is 10.9. The van der Waals surface area contributed by atoms with Crippen molar-refractivity contribution in [2.24, 2.45) is 0 Å². The predicted octanol–water partition coefficient (Wildman–Crippen LogP) is 2.35. The standard InChI is InChI=1S/C22H21N5O4S/c1-30-12-11-23-18(28)14-32-22-25-24-20(31-22)19-16-9-5-6-10-17(16)21(29)27(26-19)13-15-7-3-2-4-8-15/h2-10H,11-14H2,1H3,(H,23,28). The zero-order chi connectivity index (χ0) is 22.3. The molecule has 0 saturated heterocycles. The van der Waals surface area contributed by atoms with Gasteiger partial charge in [-0.3, -0.25) is 9.59 Å². The molecule has 1 amide bonds. The monoisotopic (exact) mass is 451 g/mol. The predicted molar refractivity (Wildman–Crippen MR) is 120 cm³/mol. The molecule has 9 nitrogen and oxygen atoms in total. The number of nitrogens with one attached hydrogen (secondary N) is 1. The maximum Gasteiger partial charge on any atom is 0.277 e. The lowest BCUT2D eigenvalue weighted by molar-refractivity contribution is -0.118. The zero-order valence-electron chi connectivity index (χ0n) is 17.4. The van der Waals surface area contributed by atoms with Crippen molar-refractivity contribution in [3.63, 3.8) is 0 Å². The van der Waals surface area contributed by atoms with Gasteiger partial charge in [-0.15, -0.1) is 10.2 Å². The van der Waals surface area contributed by atoms with Gasteiger partial charge in [-0.25, -0.2) is 4.68 Å². The first kappa shape index (κ1) is 21.7. The Hall–Kier alpha value is -3.50. The van der Waals surface area contributed by atoms with E-state index in [0.29, 0.717) is 36.2 Å². The van der Waals surface area contributed by atoms with Crippen molar-refractivity contribution in [1.29, 1.82) is 0 Å².